The van der Waals surface area contributed by atoms with Crippen LogP contribution in [0.4, 0.5) is 4.39 Å². The van der Waals surface area contributed by atoms with E-state index >= 15 is 0 Å². The minimum atomic E-state index is -1.01. The summed E-state index contributed by atoms with van der Waals surface area (Å²) in [6, 6.07) is 11.1. The van der Waals surface area contributed by atoms with Gasteiger partial charge in [0.25, 0.3) is 0 Å². The Morgan fingerprint density at radius 2 is 2.00 bits per heavy atom. The maximum Gasteiger partial charge on any atom is 0.311 e. The first-order valence-corrected chi connectivity index (χ1v) is 7.86. The Morgan fingerprint density at radius 3 is 2.67 bits per heavy atom. The van der Waals surface area contributed by atoms with Crippen molar-refractivity contribution < 1.29 is 19.0 Å². The van der Waals surface area contributed by atoms with Gasteiger partial charge in [-0.3, -0.25) is 4.79 Å². The first-order chi connectivity index (χ1) is 13.0. The zero-order valence-corrected chi connectivity index (χ0v) is 14.0. The molecule has 0 fully saturated rings. The molecule has 0 unspecified atom stereocenters. The summed E-state index contributed by atoms with van der Waals surface area (Å²) < 4.78 is 19.4. The number of aromatic nitrogens is 3. The summed E-state index contributed by atoms with van der Waals surface area (Å²) in [6.45, 7) is -0.0396. The third-order valence-electron chi connectivity index (χ3n) is 3.59. The van der Waals surface area contributed by atoms with E-state index < -0.39 is 11.8 Å². The van der Waals surface area contributed by atoms with Gasteiger partial charge in [-0.25, -0.2) is 19.3 Å². The van der Waals surface area contributed by atoms with Crippen LogP contribution in [0, 0.1) is 17.1 Å². The average Bonchev–Trinajstić information content (AvgIpc) is 2.67. The lowest BCUT2D eigenvalue weighted by Crippen LogP contribution is -2.04. The van der Waals surface area contributed by atoms with Gasteiger partial charge in [0.05, 0.1) is 17.3 Å². The van der Waals surface area contributed by atoms with E-state index in [-0.39, 0.29) is 30.3 Å². The Morgan fingerprint density at radius 1 is 1.22 bits per heavy atom. The molecule has 0 saturated carbocycles. The van der Waals surface area contributed by atoms with Gasteiger partial charge in [0.15, 0.2) is 0 Å². The molecule has 0 amide bonds. The molecule has 0 aliphatic rings. The van der Waals surface area contributed by atoms with Crippen molar-refractivity contribution in [3.8, 4) is 23.2 Å². The van der Waals surface area contributed by atoms with Crippen LogP contribution in [0.1, 0.15) is 17.0 Å². The van der Waals surface area contributed by atoms with E-state index in [2.05, 4.69) is 15.0 Å². The number of nitriles is 1. The molecule has 1 aromatic carbocycles. The average molecular weight is 364 g/mol. The molecule has 8 heteroatoms. The van der Waals surface area contributed by atoms with Gasteiger partial charge in [0, 0.05) is 29.6 Å². The van der Waals surface area contributed by atoms with Gasteiger partial charge < -0.3 is 9.84 Å². The standard InChI is InChI=1S/C19H13FN4O3/c20-15-6-12(8-21)4-5-13(15)11-27-18-3-1-2-16(24-18)14-9-22-17(23-10-14)7-19(25)26/h1-6,9-10H,7,11H2,(H,25,26). The molecular formula is C19H13FN4O3. The second-order valence-electron chi connectivity index (χ2n) is 5.53. The second-order valence-corrected chi connectivity index (χ2v) is 5.53. The highest BCUT2D eigenvalue weighted by Crippen LogP contribution is 2.20. The molecule has 3 rings (SSSR count). The molecule has 0 spiro atoms. The van der Waals surface area contributed by atoms with Crippen molar-refractivity contribution in [3.63, 3.8) is 0 Å². The molecule has 0 aliphatic heterocycles. The number of carbonyl (C=O) groups is 1. The third-order valence-corrected chi connectivity index (χ3v) is 3.59. The number of pyridine rings is 1. The molecule has 0 saturated heterocycles. The predicted molar refractivity (Wildman–Crippen MR) is 92.0 cm³/mol. The summed E-state index contributed by atoms with van der Waals surface area (Å²) in [6.07, 6.45) is 2.71. The van der Waals surface area contributed by atoms with Gasteiger partial charge in [-0.2, -0.15) is 5.26 Å². The molecule has 0 radical (unpaired) electrons. The van der Waals surface area contributed by atoms with Crippen LogP contribution >= 0.6 is 0 Å². The van der Waals surface area contributed by atoms with Crippen molar-refractivity contribution in [2.24, 2.45) is 0 Å². The summed E-state index contributed by atoms with van der Waals surface area (Å²) in [4.78, 5) is 23.0. The van der Waals surface area contributed by atoms with Crippen molar-refractivity contribution in [1.29, 1.82) is 5.26 Å². The fraction of sp³-hybridized carbons (Fsp3) is 0.105. The van der Waals surface area contributed by atoms with Gasteiger partial charge in [-0.05, 0) is 18.2 Å². The number of carboxylic acids is 1. The molecule has 2 aromatic heterocycles. The van der Waals surface area contributed by atoms with Crippen LogP contribution in [0.3, 0.4) is 0 Å². The zero-order chi connectivity index (χ0) is 19.2. The molecule has 0 atom stereocenters. The van der Waals surface area contributed by atoms with Crippen LogP contribution in [0.5, 0.6) is 5.88 Å². The highest BCUT2D eigenvalue weighted by atomic mass is 19.1. The fourth-order valence-corrected chi connectivity index (χ4v) is 2.26. The number of halogens is 1. The van der Waals surface area contributed by atoms with Gasteiger partial charge in [0.1, 0.15) is 24.7 Å². The SMILES string of the molecule is N#Cc1ccc(COc2cccc(-c3cnc(CC(=O)O)nc3)n2)c(F)c1. The highest BCUT2D eigenvalue weighted by Gasteiger charge is 2.08. The van der Waals surface area contributed by atoms with Crippen molar-refractivity contribution in [3.05, 3.63) is 71.6 Å². The van der Waals surface area contributed by atoms with Crippen molar-refractivity contribution in [2.45, 2.75) is 13.0 Å². The Bertz CT molecular complexity index is 1020. The summed E-state index contributed by atoms with van der Waals surface area (Å²) in [5.41, 5.74) is 1.68. The molecule has 0 aliphatic carbocycles. The number of hydrogen-bond acceptors (Lipinski definition) is 6. The minimum absolute atomic E-state index is 0.0396. The van der Waals surface area contributed by atoms with Crippen LogP contribution in [0.2, 0.25) is 0 Å². The Balaban J connectivity index is 1.72. The number of hydrogen-bond donors (Lipinski definition) is 1. The maximum absolute atomic E-state index is 13.9. The quantitative estimate of drug-likeness (QED) is 0.716. The van der Waals surface area contributed by atoms with Crippen LogP contribution in [0.25, 0.3) is 11.3 Å². The van der Waals surface area contributed by atoms with E-state index in [1.165, 1.54) is 24.5 Å². The smallest absolute Gasteiger partial charge is 0.311 e. The summed E-state index contributed by atoms with van der Waals surface area (Å²) in [5, 5.41) is 17.5. The van der Waals surface area contributed by atoms with Gasteiger partial charge >= 0.3 is 5.97 Å². The molecule has 27 heavy (non-hydrogen) atoms. The van der Waals surface area contributed by atoms with Crippen LogP contribution < -0.4 is 4.74 Å². The van der Waals surface area contributed by atoms with E-state index in [1.807, 2.05) is 6.07 Å². The van der Waals surface area contributed by atoms with E-state index in [4.69, 9.17) is 15.1 Å². The van der Waals surface area contributed by atoms with E-state index in [9.17, 15) is 9.18 Å². The minimum Gasteiger partial charge on any atom is -0.481 e. The molecule has 134 valence electrons. The number of ether oxygens (including phenoxy) is 1. The molecule has 1 N–H and O–H groups in total. The Hall–Kier alpha value is -3.86. The predicted octanol–water partition coefficient (Wildman–Crippen LogP) is 2.76. The summed E-state index contributed by atoms with van der Waals surface area (Å²) in [7, 11) is 0. The normalized spacial score (nSPS) is 10.2. The van der Waals surface area contributed by atoms with Crippen LogP contribution in [-0.4, -0.2) is 26.0 Å². The zero-order valence-electron chi connectivity index (χ0n) is 14.0. The van der Waals surface area contributed by atoms with Gasteiger partial charge in [-0.15, -0.1) is 0 Å². The number of rotatable bonds is 6. The summed E-state index contributed by atoms with van der Waals surface area (Å²) >= 11 is 0. The fourth-order valence-electron chi connectivity index (χ4n) is 2.26. The lowest BCUT2D eigenvalue weighted by Gasteiger charge is -2.08. The van der Waals surface area contributed by atoms with Gasteiger partial charge in [-0.1, -0.05) is 12.1 Å². The lowest BCUT2D eigenvalue weighted by atomic mass is 10.1. The molecule has 0 bridgehead atoms. The van der Waals surface area contributed by atoms with E-state index in [1.54, 1.807) is 18.2 Å². The Labute approximate surface area is 153 Å². The molecule has 3 aromatic rings. The number of benzene rings is 1. The highest BCUT2D eigenvalue weighted by molar-refractivity contribution is 5.69. The van der Waals surface area contributed by atoms with Gasteiger partial charge in [0.2, 0.25) is 5.88 Å². The topological polar surface area (TPSA) is 109 Å². The summed E-state index contributed by atoms with van der Waals surface area (Å²) in [5.74, 6) is -1.04. The second kappa shape index (κ2) is 8.01. The third kappa shape index (κ3) is 4.61. The lowest BCUT2D eigenvalue weighted by molar-refractivity contribution is -0.136. The Kier molecular flexibility index (Phi) is 5.33. The first kappa shape index (κ1) is 17.9. The monoisotopic (exact) mass is 364 g/mol. The first-order valence-electron chi connectivity index (χ1n) is 7.86. The molecular weight excluding hydrogens is 351 g/mol. The van der Waals surface area contributed by atoms with Crippen molar-refractivity contribution in [1.82, 2.24) is 15.0 Å². The maximum atomic E-state index is 13.9. The number of nitrogens with zero attached hydrogens (tertiary/aromatic N) is 4. The van der Waals surface area contributed by atoms with Crippen LogP contribution in [0.15, 0.2) is 48.8 Å². The van der Waals surface area contributed by atoms with Crippen molar-refractivity contribution in [2.75, 3.05) is 0 Å². The van der Waals surface area contributed by atoms with E-state index in [0.29, 0.717) is 16.8 Å². The van der Waals surface area contributed by atoms with Crippen molar-refractivity contribution >= 4 is 5.97 Å². The molecule has 2 heterocycles. The van der Waals surface area contributed by atoms with Crippen LogP contribution in [-0.2, 0) is 17.8 Å². The molecule has 7 nitrogen and oxygen atoms in total. The largest absolute Gasteiger partial charge is 0.481 e. The number of aliphatic carboxylic acids is 1. The number of carboxylic acid groups (broad SMARTS) is 1. The van der Waals surface area contributed by atoms with E-state index in [0.717, 1.165) is 6.07 Å².